The lowest BCUT2D eigenvalue weighted by atomic mass is 9.84. The van der Waals surface area contributed by atoms with E-state index in [9.17, 15) is 0 Å². The quantitative estimate of drug-likeness (QED) is 0.816. The Morgan fingerprint density at radius 2 is 1.83 bits per heavy atom. The highest BCUT2D eigenvalue weighted by Crippen LogP contribution is 2.33. The second kappa shape index (κ2) is 7.16. The Balaban J connectivity index is 1.42. The van der Waals surface area contributed by atoms with Crippen LogP contribution in [0.4, 0.5) is 0 Å². The maximum atomic E-state index is 4.94. The summed E-state index contributed by atoms with van der Waals surface area (Å²) in [6.45, 7) is 5.56. The Bertz CT molecular complexity index is 562. The highest BCUT2D eigenvalue weighted by Gasteiger charge is 2.41. The number of likely N-dealkylation sites (N-methyl/N-ethyl adjacent to an activating group) is 1. The zero-order valence-electron chi connectivity index (χ0n) is 15.0. The smallest absolute Gasteiger partial charge is 0.197 e. The summed E-state index contributed by atoms with van der Waals surface area (Å²) in [6.07, 6.45) is 9.76. The van der Waals surface area contributed by atoms with Crippen molar-refractivity contribution >= 4 is 5.96 Å². The molecule has 0 aromatic heterocycles. The maximum absolute atomic E-state index is 4.94. The number of hydrogen-bond acceptors (Lipinski definition) is 3. The minimum Gasteiger partial charge on any atom is -0.338 e. The first-order valence-corrected chi connectivity index (χ1v) is 9.96. The fraction of sp³-hybridized carbons (Fsp3) is 0.667. The van der Waals surface area contributed by atoms with Gasteiger partial charge in [-0.3, -0.25) is 4.99 Å². The van der Waals surface area contributed by atoms with Crippen LogP contribution in [0.3, 0.4) is 0 Å². The Kier molecular flexibility index (Phi) is 4.77. The molecule has 0 spiro atoms. The average Bonchev–Trinajstić information content (AvgIpc) is 3.16. The Labute approximate surface area is 146 Å². The van der Waals surface area contributed by atoms with Gasteiger partial charge in [-0.2, -0.15) is 0 Å². The van der Waals surface area contributed by atoms with E-state index in [0.29, 0.717) is 12.1 Å². The van der Waals surface area contributed by atoms with Crippen LogP contribution in [0.1, 0.15) is 51.0 Å². The summed E-state index contributed by atoms with van der Waals surface area (Å²) in [4.78, 5) is 10.2. The predicted molar refractivity (Wildman–Crippen MR) is 100 cm³/mol. The molecule has 2 atom stereocenters. The van der Waals surface area contributed by atoms with E-state index in [0.717, 1.165) is 25.4 Å². The van der Waals surface area contributed by atoms with Crippen LogP contribution < -0.4 is 0 Å². The first kappa shape index (κ1) is 16.0. The lowest BCUT2D eigenvalue weighted by Crippen LogP contribution is -2.37. The van der Waals surface area contributed by atoms with Crippen LogP contribution in [0.2, 0.25) is 0 Å². The van der Waals surface area contributed by atoms with Crippen LogP contribution >= 0.6 is 0 Å². The predicted octanol–water partition coefficient (Wildman–Crippen LogP) is 3.94. The molecule has 2 heterocycles. The first-order valence-electron chi connectivity index (χ1n) is 9.96. The largest absolute Gasteiger partial charge is 0.338 e. The van der Waals surface area contributed by atoms with Gasteiger partial charge in [0.15, 0.2) is 5.96 Å². The lowest BCUT2D eigenvalue weighted by Gasteiger charge is -2.29. The van der Waals surface area contributed by atoms with Crippen LogP contribution in [0, 0.1) is 5.92 Å². The number of nitrogens with zero attached hydrogens (tertiary/aromatic N) is 3. The second-order valence-corrected chi connectivity index (χ2v) is 7.82. The summed E-state index contributed by atoms with van der Waals surface area (Å²) >= 11 is 0. The Morgan fingerprint density at radius 3 is 2.58 bits per heavy atom. The third kappa shape index (κ3) is 3.18. The zero-order chi connectivity index (χ0) is 16.4. The fourth-order valence-electron chi connectivity index (χ4n) is 4.99. The van der Waals surface area contributed by atoms with Crippen LogP contribution in [-0.2, 0) is 6.42 Å². The topological polar surface area (TPSA) is 18.8 Å². The van der Waals surface area contributed by atoms with Gasteiger partial charge in [0.05, 0.1) is 12.6 Å². The van der Waals surface area contributed by atoms with E-state index in [2.05, 4.69) is 47.1 Å². The van der Waals surface area contributed by atoms with Gasteiger partial charge in [-0.1, -0.05) is 62.4 Å². The Hall–Kier alpha value is -1.51. The minimum atomic E-state index is 0.563. The van der Waals surface area contributed by atoms with E-state index >= 15 is 0 Å². The molecular weight excluding hydrogens is 294 g/mol. The molecular formula is C21H31N3. The number of guanidine groups is 1. The summed E-state index contributed by atoms with van der Waals surface area (Å²) in [5.74, 6) is 2.24. The van der Waals surface area contributed by atoms with Crippen molar-refractivity contribution in [1.82, 2.24) is 9.80 Å². The van der Waals surface area contributed by atoms with Gasteiger partial charge in [0.1, 0.15) is 0 Å². The van der Waals surface area contributed by atoms with E-state index in [1.54, 1.807) is 0 Å². The highest BCUT2D eigenvalue weighted by molar-refractivity contribution is 5.84. The number of benzene rings is 1. The van der Waals surface area contributed by atoms with Crippen LogP contribution in [0.15, 0.2) is 35.3 Å². The molecule has 0 bridgehead atoms. The van der Waals surface area contributed by atoms with Crippen LogP contribution in [0.25, 0.3) is 0 Å². The molecule has 1 aromatic carbocycles. The fourth-order valence-corrected chi connectivity index (χ4v) is 4.99. The summed E-state index contributed by atoms with van der Waals surface area (Å²) in [6, 6.07) is 12.2. The van der Waals surface area contributed by atoms with E-state index in [-0.39, 0.29) is 0 Å². The Morgan fingerprint density at radius 1 is 1.04 bits per heavy atom. The maximum Gasteiger partial charge on any atom is 0.197 e. The van der Waals surface area contributed by atoms with Crippen LogP contribution in [-0.4, -0.2) is 47.5 Å². The molecule has 1 saturated carbocycles. The van der Waals surface area contributed by atoms with E-state index in [4.69, 9.17) is 4.99 Å². The SMILES string of the molecule is CCN1C2=NC[C@H](Cc3ccccc3)N2C[C@H]1CC1CCCCC1. The molecule has 1 aromatic rings. The molecule has 0 N–H and O–H groups in total. The minimum absolute atomic E-state index is 0.563. The molecule has 2 aliphatic heterocycles. The molecule has 0 amide bonds. The summed E-state index contributed by atoms with van der Waals surface area (Å²) in [5.41, 5.74) is 1.44. The molecule has 1 saturated heterocycles. The number of rotatable bonds is 5. The molecule has 2 fully saturated rings. The molecule has 3 nitrogen and oxygen atoms in total. The van der Waals surface area contributed by atoms with Crippen molar-refractivity contribution < 1.29 is 0 Å². The third-order valence-electron chi connectivity index (χ3n) is 6.23. The zero-order valence-corrected chi connectivity index (χ0v) is 15.0. The summed E-state index contributed by atoms with van der Waals surface area (Å²) in [5, 5.41) is 0. The van der Waals surface area contributed by atoms with Gasteiger partial charge >= 0.3 is 0 Å². The number of aliphatic imine (C=N–C) groups is 1. The van der Waals surface area contributed by atoms with Gasteiger partial charge in [-0.05, 0) is 31.2 Å². The van der Waals surface area contributed by atoms with Crippen molar-refractivity contribution in [3.8, 4) is 0 Å². The molecule has 24 heavy (non-hydrogen) atoms. The van der Waals surface area contributed by atoms with Gasteiger partial charge in [0, 0.05) is 19.1 Å². The molecule has 4 rings (SSSR count). The lowest BCUT2D eigenvalue weighted by molar-refractivity contribution is 0.241. The molecule has 0 unspecified atom stereocenters. The molecule has 130 valence electrons. The van der Waals surface area contributed by atoms with Crippen molar-refractivity contribution in [1.29, 1.82) is 0 Å². The summed E-state index contributed by atoms with van der Waals surface area (Å²) < 4.78 is 0. The van der Waals surface area contributed by atoms with E-state index < -0.39 is 0 Å². The monoisotopic (exact) mass is 325 g/mol. The standard InChI is InChI=1S/C21H31N3/c1-2-23-20(14-18-11-7-4-8-12-18)16-24-19(15-22-21(23)24)13-17-9-5-3-6-10-17/h3,5-6,9-10,18-20H,2,4,7-8,11-16H2,1H3/t19-,20+/m0/s1. The van der Waals surface area contributed by atoms with Crippen molar-refractivity contribution in [3.63, 3.8) is 0 Å². The van der Waals surface area contributed by atoms with Crippen molar-refractivity contribution in [2.75, 3.05) is 19.6 Å². The molecule has 0 radical (unpaired) electrons. The van der Waals surface area contributed by atoms with Gasteiger partial charge in [-0.15, -0.1) is 0 Å². The third-order valence-corrected chi connectivity index (χ3v) is 6.23. The van der Waals surface area contributed by atoms with Gasteiger partial charge in [0.25, 0.3) is 0 Å². The van der Waals surface area contributed by atoms with Crippen molar-refractivity contribution in [3.05, 3.63) is 35.9 Å². The first-order chi connectivity index (χ1) is 11.8. The number of fused-ring (bicyclic) bond motifs is 1. The van der Waals surface area contributed by atoms with Gasteiger partial charge in [-0.25, -0.2) is 0 Å². The van der Waals surface area contributed by atoms with Crippen molar-refractivity contribution in [2.24, 2.45) is 10.9 Å². The summed E-state index contributed by atoms with van der Waals surface area (Å²) in [7, 11) is 0. The van der Waals surface area contributed by atoms with Gasteiger partial charge in [0.2, 0.25) is 0 Å². The van der Waals surface area contributed by atoms with Crippen LogP contribution in [0.5, 0.6) is 0 Å². The van der Waals surface area contributed by atoms with E-state index in [1.807, 2.05) is 0 Å². The second-order valence-electron chi connectivity index (χ2n) is 7.82. The number of hydrogen-bond donors (Lipinski definition) is 0. The normalized spacial score (nSPS) is 27.5. The highest BCUT2D eigenvalue weighted by atomic mass is 15.5. The molecule has 3 heteroatoms. The molecule has 1 aliphatic carbocycles. The average molecular weight is 326 g/mol. The van der Waals surface area contributed by atoms with Gasteiger partial charge < -0.3 is 9.80 Å². The van der Waals surface area contributed by atoms with Crippen molar-refractivity contribution in [2.45, 2.75) is 64.0 Å². The molecule has 3 aliphatic rings. The van der Waals surface area contributed by atoms with E-state index in [1.165, 1.54) is 56.6 Å².